The van der Waals surface area contributed by atoms with Gasteiger partial charge in [0, 0.05) is 30.4 Å². The Bertz CT molecular complexity index is 2160. The van der Waals surface area contributed by atoms with Crippen LogP contribution in [0.4, 0.5) is 31.3 Å². The van der Waals surface area contributed by atoms with Crippen molar-refractivity contribution in [2.24, 2.45) is 11.3 Å². The zero-order chi connectivity index (χ0) is 39.5. The lowest BCUT2D eigenvalue weighted by Crippen LogP contribution is -2.49. The lowest BCUT2D eigenvalue weighted by atomic mass is 9.68. The molecule has 0 spiro atoms. The Balaban J connectivity index is 1.21. The van der Waals surface area contributed by atoms with Crippen LogP contribution in [0.2, 0.25) is 10.0 Å². The molecule has 4 aromatic rings. The van der Waals surface area contributed by atoms with E-state index in [0.717, 1.165) is 19.3 Å². The third-order valence-electron chi connectivity index (χ3n) is 10.9. The molecule has 2 aliphatic carbocycles. The van der Waals surface area contributed by atoms with Gasteiger partial charge in [0.15, 0.2) is 0 Å². The molecule has 4 heterocycles. The molecule has 5 N–H and O–H groups in total. The van der Waals surface area contributed by atoms with Crippen LogP contribution in [0.15, 0.2) is 104 Å². The third kappa shape index (κ3) is 8.40. The number of pyridine rings is 3. The lowest BCUT2D eigenvalue weighted by Gasteiger charge is -2.41. The number of benzene rings is 1. The number of carbonyl (C=O) groups is 3. The van der Waals surface area contributed by atoms with Gasteiger partial charge in [0.25, 0.3) is 0 Å². The standard InChI is InChI=1S/C41H41Cl2FN8O4/c1-39(17-4-2-5-18-39)40(56)22-32(52(25-40)38(55)50-35-15-12-29(43)24-47-35)36(53)48-31-21-27(10-13-30(31)44)41(19-16-26-8-9-26,33-7-3-6-20-45-33)51-37(54)49-34-14-11-28(42)23-46-34/h2-7,10-15,17,20-21,23-24,26,32,56H,8-9,16,18-19,22,25H2,1H3,(H,48,53)(H,47,50,55)(H2,46,49,51,54)/t32-,39?,40-,41?/m1/s1. The summed E-state index contributed by atoms with van der Waals surface area (Å²) >= 11 is 12.0. The molecule has 1 aliphatic heterocycles. The average Bonchev–Trinajstić information content (AvgIpc) is 3.95. The summed E-state index contributed by atoms with van der Waals surface area (Å²) in [5.41, 5.74) is -2.81. The van der Waals surface area contributed by atoms with E-state index in [1.54, 1.807) is 48.7 Å². The van der Waals surface area contributed by atoms with Crippen LogP contribution in [-0.4, -0.2) is 61.1 Å². The van der Waals surface area contributed by atoms with E-state index in [4.69, 9.17) is 23.2 Å². The number of amides is 5. The Labute approximate surface area is 333 Å². The summed E-state index contributed by atoms with van der Waals surface area (Å²) in [4.78, 5) is 56.1. The number of aliphatic hydroxyl groups is 1. The fourth-order valence-corrected chi connectivity index (χ4v) is 7.63. The predicted octanol–water partition coefficient (Wildman–Crippen LogP) is 8.07. The number of nitrogens with one attached hydrogen (secondary N) is 4. The molecule has 5 amide bonds. The van der Waals surface area contributed by atoms with Crippen molar-refractivity contribution in [3.05, 3.63) is 131 Å². The normalized spacial score (nSPS) is 22.6. The molecule has 2 fully saturated rings. The fourth-order valence-electron chi connectivity index (χ4n) is 7.41. The van der Waals surface area contributed by atoms with Crippen LogP contribution in [0, 0.1) is 17.2 Å². The van der Waals surface area contributed by atoms with Crippen LogP contribution in [0.5, 0.6) is 0 Å². The van der Waals surface area contributed by atoms with E-state index < -0.39 is 46.4 Å². The largest absolute Gasteiger partial charge is 0.387 e. The number of carbonyl (C=O) groups excluding carboxylic acids is 3. The van der Waals surface area contributed by atoms with Crippen molar-refractivity contribution in [3.8, 4) is 0 Å². The highest BCUT2D eigenvalue weighted by atomic mass is 35.5. The first-order valence-electron chi connectivity index (χ1n) is 18.4. The van der Waals surface area contributed by atoms with Crippen molar-refractivity contribution in [1.82, 2.24) is 25.2 Å². The van der Waals surface area contributed by atoms with Gasteiger partial charge in [-0.2, -0.15) is 0 Å². The van der Waals surface area contributed by atoms with Crippen LogP contribution in [0.1, 0.15) is 56.7 Å². The molecule has 1 saturated carbocycles. The summed E-state index contributed by atoms with van der Waals surface area (Å²) in [6.45, 7) is 1.69. The van der Waals surface area contributed by atoms with Crippen molar-refractivity contribution < 1.29 is 23.9 Å². The number of hydrogen-bond donors (Lipinski definition) is 5. The smallest absolute Gasteiger partial charge is 0.323 e. The van der Waals surface area contributed by atoms with Gasteiger partial charge in [0.1, 0.15) is 29.0 Å². The number of halogens is 3. The average molecular weight is 800 g/mol. The van der Waals surface area contributed by atoms with Gasteiger partial charge in [-0.25, -0.2) is 23.9 Å². The summed E-state index contributed by atoms with van der Waals surface area (Å²) < 4.78 is 15.9. The number of nitrogens with zero attached hydrogens (tertiary/aromatic N) is 4. The van der Waals surface area contributed by atoms with Gasteiger partial charge < -0.3 is 20.6 Å². The number of rotatable bonds is 11. The SMILES string of the molecule is CC1([C@@]2(O)C[C@H](C(=O)Nc3cc(C(CCC4CC4)(NC(=O)Nc4ccc(Cl)cn4)c4ccccn4)ccc3F)N(C(=O)Nc3ccc(Cl)cn3)C2)C=CC=CC1. The quantitative estimate of drug-likeness (QED) is 0.103. The van der Waals surface area contributed by atoms with Gasteiger partial charge in [-0.15, -0.1) is 0 Å². The molecule has 290 valence electrons. The molecule has 1 aromatic carbocycles. The molecule has 3 aliphatic rings. The highest BCUT2D eigenvalue weighted by Crippen LogP contribution is 2.47. The van der Waals surface area contributed by atoms with E-state index in [-0.39, 0.29) is 30.3 Å². The van der Waals surface area contributed by atoms with Crippen molar-refractivity contribution in [1.29, 1.82) is 0 Å². The van der Waals surface area contributed by atoms with Crippen molar-refractivity contribution in [2.75, 3.05) is 22.5 Å². The number of hydrogen-bond acceptors (Lipinski definition) is 7. The first-order chi connectivity index (χ1) is 26.9. The van der Waals surface area contributed by atoms with Crippen LogP contribution in [0.3, 0.4) is 0 Å². The molecule has 0 bridgehead atoms. The fraction of sp³-hybridized carbons (Fsp3) is 0.317. The summed E-state index contributed by atoms with van der Waals surface area (Å²) in [6.07, 6.45) is 15.5. The van der Waals surface area contributed by atoms with Crippen molar-refractivity contribution in [3.63, 3.8) is 0 Å². The maximum absolute atomic E-state index is 15.9. The van der Waals surface area contributed by atoms with Crippen molar-refractivity contribution in [2.45, 2.75) is 62.6 Å². The molecular formula is C41H41Cl2FN8O4. The van der Waals surface area contributed by atoms with E-state index >= 15 is 4.39 Å². The topological polar surface area (TPSA) is 161 Å². The van der Waals surface area contributed by atoms with Crippen LogP contribution < -0.4 is 21.3 Å². The Morgan fingerprint density at radius 2 is 1.68 bits per heavy atom. The molecule has 4 atom stereocenters. The molecule has 15 heteroatoms. The first kappa shape index (κ1) is 38.9. The Morgan fingerprint density at radius 1 is 0.946 bits per heavy atom. The van der Waals surface area contributed by atoms with E-state index in [1.807, 2.05) is 31.2 Å². The number of urea groups is 2. The number of likely N-dealkylation sites (tertiary alicyclic amines) is 1. The zero-order valence-electron chi connectivity index (χ0n) is 30.5. The highest BCUT2D eigenvalue weighted by Gasteiger charge is 2.56. The predicted molar refractivity (Wildman–Crippen MR) is 213 cm³/mol. The van der Waals surface area contributed by atoms with Gasteiger partial charge in [0.05, 0.1) is 33.6 Å². The molecule has 1 saturated heterocycles. The first-order valence-corrected chi connectivity index (χ1v) is 19.1. The number of aromatic nitrogens is 3. The van der Waals surface area contributed by atoms with Crippen LogP contribution >= 0.6 is 23.2 Å². The second kappa shape index (κ2) is 16.0. The van der Waals surface area contributed by atoms with Gasteiger partial charge in [-0.05, 0) is 79.3 Å². The zero-order valence-corrected chi connectivity index (χ0v) is 32.0. The maximum Gasteiger partial charge on any atom is 0.323 e. The van der Waals surface area contributed by atoms with Gasteiger partial charge in [-0.3, -0.25) is 20.4 Å². The number of allylic oxidation sites excluding steroid dienone is 3. The minimum absolute atomic E-state index is 0.129. The molecular weight excluding hydrogens is 758 g/mol. The number of β-amino-alcohol motifs (C(OH)–C–C–N with tert-alkyl or cyclic N) is 1. The molecule has 0 radical (unpaired) electrons. The summed E-state index contributed by atoms with van der Waals surface area (Å²) in [7, 11) is 0. The summed E-state index contributed by atoms with van der Waals surface area (Å²) in [5.74, 6) is -0.535. The molecule has 7 rings (SSSR count). The molecule has 2 unspecified atom stereocenters. The summed E-state index contributed by atoms with van der Waals surface area (Å²) in [6, 6.07) is 13.4. The number of anilines is 3. The van der Waals surface area contributed by atoms with Crippen molar-refractivity contribution >= 4 is 58.5 Å². The Hall–Kier alpha value is -5.37. The van der Waals surface area contributed by atoms with Gasteiger partial charge in [0.2, 0.25) is 5.91 Å². The third-order valence-corrected chi connectivity index (χ3v) is 11.4. The van der Waals surface area contributed by atoms with Crippen LogP contribution in [-0.2, 0) is 10.3 Å². The van der Waals surface area contributed by atoms with Crippen LogP contribution in [0.25, 0.3) is 0 Å². The van der Waals surface area contributed by atoms with E-state index in [9.17, 15) is 19.5 Å². The van der Waals surface area contributed by atoms with E-state index in [1.165, 1.54) is 35.5 Å². The second-order valence-electron chi connectivity index (χ2n) is 14.8. The molecule has 3 aromatic heterocycles. The van der Waals surface area contributed by atoms with E-state index in [2.05, 4.69) is 36.2 Å². The van der Waals surface area contributed by atoms with Gasteiger partial charge in [-0.1, -0.05) is 79.4 Å². The second-order valence-corrected chi connectivity index (χ2v) is 15.7. The van der Waals surface area contributed by atoms with E-state index in [0.29, 0.717) is 40.1 Å². The monoisotopic (exact) mass is 798 g/mol. The molecule has 56 heavy (non-hydrogen) atoms. The lowest BCUT2D eigenvalue weighted by molar-refractivity contribution is -0.120. The maximum atomic E-state index is 15.9. The van der Waals surface area contributed by atoms with Gasteiger partial charge >= 0.3 is 12.1 Å². The minimum atomic E-state index is -1.52. The highest BCUT2D eigenvalue weighted by molar-refractivity contribution is 6.30. The Morgan fingerprint density at radius 3 is 2.30 bits per heavy atom. The summed E-state index contributed by atoms with van der Waals surface area (Å²) in [5, 5.41) is 24.2. The Kier molecular flexibility index (Phi) is 11.1. The minimum Gasteiger partial charge on any atom is -0.387 e. The molecule has 12 nitrogen and oxygen atoms in total.